The molecular weight excluding hydrogens is 380 g/mol. The Balaban J connectivity index is 2.37. The summed E-state index contributed by atoms with van der Waals surface area (Å²) in [7, 11) is -3.78. The van der Waals surface area contributed by atoms with Crippen LogP contribution >= 0.6 is 30.8 Å². The molecule has 0 saturated carbocycles. The van der Waals surface area contributed by atoms with Crippen molar-refractivity contribution < 1.29 is 22.4 Å². The molecule has 0 aromatic heterocycles. The first kappa shape index (κ1) is 19.0. The van der Waals surface area contributed by atoms with Crippen LogP contribution in [0.5, 0.6) is 11.5 Å². The van der Waals surface area contributed by atoms with Crippen LogP contribution in [-0.4, -0.2) is 5.16 Å². The molecule has 0 aliphatic rings. The second-order valence-electron chi connectivity index (χ2n) is 6.00. The standard InChI is InChI=1S/C16H15Cl2F2O3P/c1-16(2,3)24(21,22-10-4-6-14(19)12(17)8-10)23-11-5-7-15(20)13(18)9-11/h4-9H,1-3H3. The Hall–Kier alpha value is -1.29. The Morgan fingerprint density at radius 3 is 1.54 bits per heavy atom. The van der Waals surface area contributed by atoms with Crippen LogP contribution in [0, 0.1) is 11.6 Å². The number of halogens is 4. The molecule has 130 valence electrons. The molecule has 0 heterocycles. The Morgan fingerprint density at radius 1 is 0.875 bits per heavy atom. The highest BCUT2D eigenvalue weighted by atomic mass is 35.5. The van der Waals surface area contributed by atoms with Crippen LogP contribution in [0.3, 0.4) is 0 Å². The van der Waals surface area contributed by atoms with Crippen LogP contribution in [0.15, 0.2) is 36.4 Å². The summed E-state index contributed by atoms with van der Waals surface area (Å²) in [5.41, 5.74) is 0. The third-order valence-corrected chi connectivity index (χ3v) is 6.18. The van der Waals surface area contributed by atoms with Crippen LogP contribution in [0.1, 0.15) is 20.8 Å². The molecular formula is C16H15Cl2F2O3P. The van der Waals surface area contributed by atoms with E-state index in [1.165, 1.54) is 24.3 Å². The van der Waals surface area contributed by atoms with Gasteiger partial charge in [0.05, 0.1) is 15.2 Å². The molecule has 0 unspecified atom stereocenters. The Bertz CT molecular complexity index is 749. The Labute approximate surface area is 149 Å². The van der Waals surface area contributed by atoms with Crippen molar-refractivity contribution >= 4 is 30.8 Å². The van der Waals surface area contributed by atoms with Gasteiger partial charge in [-0.05, 0) is 45.0 Å². The summed E-state index contributed by atoms with van der Waals surface area (Å²) >= 11 is 11.4. The van der Waals surface area contributed by atoms with Crippen molar-refractivity contribution in [2.75, 3.05) is 0 Å². The first-order chi connectivity index (χ1) is 11.0. The van der Waals surface area contributed by atoms with Gasteiger partial charge in [0.15, 0.2) is 0 Å². The molecule has 2 aromatic rings. The maximum atomic E-state index is 13.3. The van der Waals surface area contributed by atoms with Gasteiger partial charge in [0, 0.05) is 12.1 Å². The van der Waals surface area contributed by atoms with E-state index in [4.69, 9.17) is 32.2 Å². The predicted octanol–water partition coefficient (Wildman–Crippen LogP) is 6.72. The molecule has 24 heavy (non-hydrogen) atoms. The zero-order chi connectivity index (χ0) is 18.1. The van der Waals surface area contributed by atoms with Gasteiger partial charge in [-0.25, -0.2) is 13.3 Å². The van der Waals surface area contributed by atoms with Crippen molar-refractivity contribution in [1.82, 2.24) is 0 Å². The van der Waals surface area contributed by atoms with Crippen LogP contribution in [0.25, 0.3) is 0 Å². The maximum Gasteiger partial charge on any atom is 0.435 e. The summed E-state index contributed by atoms with van der Waals surface area (Å²) < 4.78 is 50.8. The lowest BCUT2D eigenvalue weighted by Crippen LogP contribution is -2.22. The maximum absolute atomic E-state index is 13.3. The minimum atomic E-state index is -3.78. The minimum Gasteiger partial charge on any atom is -0.416 e. The molecule has 3 nitrogen and oxygen atoms in total. The smallest absolute Gasteiger partial charge is 0.416 e. The molecule has 0 spiro atoms. The highest BCUT2D eigenvalue weighted by Gasteiger charge is 2.43. The van der Waals surface area contributed by atoms with E-state index in [1.54, 1.807) is 20.8 Å². The summed E-state index contributed by atoms with van der Waals surface area (Å²) in [6, 6.07) is 7.19. The van der Waals surface area contributed by atoms with E-state index < -0.39 is 24.4 Å². The number of benzene rings is 2. The highest BCUT2D eigenvalue weighted by Crippen LogP contribution is 2.59. The average Bonchev–Trinajstić information content (AvgIpc) is 2.46. The van der Waals surface area contributed by atoms with E-state index >= 15 is 0 Å². The van der Waals surface area contributed by atoms with Crippen LogP contribution in [0.4, 0.5) is 8.78 Å². The van der Waals surface area contributed by atoms with Crippen LogP contribution in [-0.2, 0) is 4.57 Å². The molecule has 0 amide bonds. The van der Waals surface area contributed by atoms with Gasteiger partial charge in [0.25, 0.3) is 0 Å². The first-order valence-corrected chi connectivity index (χ1v) is 9.21. The predicted molar refractivity (Wildman–Crippen MR) is 91.4 cm³/mol. The molecule has 2 aromatic carbocycles. The number of hydrogen-bond donors (Lipinski definition) is 0. The van der Waals surface area contributed by atoms with Gasteiger partial charge in [-0.2, -0.15) is 0 Å². The van der Waals surface area contributed by atoms with Crippen LogP contribution in [0.2, 0.25) is 10.0 Å². The Morgan fingerprint density at radius 2 is 1.25 bits per heavy atom. The fourth-order valence-corrected chi connectivity index (χ4v) is 3.35. The average molecular weight is 395 g/mol. The summed E-state index contributed by atoms with van der Waals surface area (Å²) in [5.74, 6) is -1.07. The summed E-state index contributed by atoms with van der Waals surface area (Å²) in [6.07, 6.45) is 0. The molecule has 0 N–H and O–H groups in total. The normalized spacial score (nSPS) is 12.1. The third kappa shape index (κ3) is 4.21. The molecule has 0 aliphatic carbocycles. The second kappa shape index (κ2) is 6.91. The van der Waals surface area contributed by atoms with E-state index in [0.29, 0.717) is 0 Å². The minimum absolute atomic E-state index is 0.0906. The zero-order valence-corrected chi connectivity index (χ0v) is 15.6. The lowest BCUT2D eigenvalue weighted by molar-refractivity contribution is 0.356. The van der Waals surface area contributed by atoms with Crippen molar-refractivity contribution in [3.63, 3.8) is 0 Å². The van der Waals surface area contributed by atoms with Gasteiger partial charge < -0.3 is 9.05 Å². The van der Waals surface area contributed by atoms with Gasteiger partial charge in [-0.1, -0.05) is 23.2 Å². The van der Waals surface area contributed by atoms with Crippen molar-refractivity contribution in [2.24, 2.45) is 0 Å². The van der Waals surface area contributed by atoms with Gasteiger partial charge in [0.1, 0.15) is 23.1 Å². The van der Waals surface area contributed by atoms with Crippen molar-refractivity contribution in [1.29, 1.82) is 0 Å². The summed E-state index contributed by atoms with van der Waals surface area (Å²) in [6.45, 7) is 4.97. The topological polar surface area (TPSA) is 35.5 Å². The molecule has 2 rings (SSSR count). The molecule has 0 fully saturated rings. The van der Waals surface area contributed by atoms with Crippen molar-refractivity contribution in [2.45, 2.75) is 25.9 Å². The molecule has 8 heteroatoms. The van der Waals surface area contributed by atoms with Gasteiger partial charge >= 0.3 is 7.60 Å². The fourth-order valence-electron chi connectivity index (χ4n) is 1.64. The van der Waals surface area contributed by atoms with E-state index in [9.17, 15) is 13.3 Å². The zero-order valence-electron chi connectivity index (χ0n) is 13.1. The van der Waals surface area contributed by atoms with E-state index in [-0.39, 0.29) is 21.5 Å². The lowest BCUT2D eigenvalue weighted by atomic mass is 10.3. The van der Waals surface area contributed by atoms with Crippen LogP contribution < -0.4 is 9.05 Å². The van der Waals surface area contributed by atoms with Gasteiger partial charge in [-0.3, -0.25) is 0 Å². The Kier molecular flexibility index (Phi) is 5.48. The van der Waals surface area contributed by atoms with E-state index in [1.807, 2.05) is 0 Å². The molecule has 0 aliphatic heterocycles. The number of hydrogen-bond acceptors (Lipinski definition) is 3. The van der Waals surface area contributed by atoms with Crippen molar-refractivity contribution in [3.05, 3.63) is 58.1 Å². The quantitative estimate of drug-likeness (QED) is 0.539. The van der Waals surface area contributed by atoms with Gasteiger partial charge in [-0.15, -0.1) is 0 Å². The van der Waals surface area contributed by atoms with Gasteiger partial charge in [0.2, 0.25) is 0 Å². The largest absolute Gasteiger partial charge is 0.435 e. The van der Waals surface area contributed by atoms with E-state index in [2.05, 4.69) is 0 Å². The first-order valence-electron chi connectivity index (χ1n) is 6.91. The molecule has 0 bridgehead atoms. The SMILES string of the molecule is CC(C)(C)P(=O)(Oc1ccc(F)c(Cl)c1)Oc1ccc(F)c(Cl)c1. The summed E-state index contributed by atoms with van der Waals surface area (Å²) in [4.78, 5) is 0. The lowest BCUT2D eigenvalue weighted by Gasteiger charge is -2.30. The monoisotopic (exact) mass is 394 g/mol. The third-order valence-electron chi connectivity index (χ3n) is 3.05. The molecule has 0 radical (unpaired) electrons. The van der Waals surface area contributed by atoms with Crippen molar-refractivity contribution in [3.8, 4) is 11.5 Å². The summed E-state index contributed by atoms with van der Waals surface area (Å²) in [5, 5.41) is -1.26. The van der Waals surface area contributed by atoms with E-state index in [0.717, 1.165) is 12.1 Å². The second-order valence-corrected chi connectivity index (χ2v) is 9.52. The molecule has 0 atom stereocenters. The molecule has 0 saturated heterocycles. The highest BCUT2D eigenvalue weighted by molar-refractivity contribution is 7.56. The fraction of sp³-hybridized carbons (Fsp3) is 0.250. The number of rotatable bonds is 4.